The molecule has 0 fully saturated rings. The molecule has 140 valence electrons. The molecule has 1 aliphatic carbocycles. The van der Waals surface area contributed by atoms with E-state index < -0.39 is 0 Å². The molecule has 0 atom stereocenters. The van der Waals surface area contributed by atoms with E-state index in [1.807, 2.05) is 24.3 Å². The molecule has 1 N–H and O–H groups in total. The molecule has 0 saturated heterocycles. The molecule has 0 saturated carbocycles. The molecular formula is C21H24N4O2. The normalized spacial score (nSPS) is 14.3. The van der Waals surface area contributed by atoms with Gasteiger partial charge in [-0.05, 0) is 37.0 Å². The minimum atomic E-state index is -0.0375. The Morgan fingerprint density at radius 3 is 2.81 bits per heavy atom. The number of aromatic nitrogens is 4. The van der Waals surface area contributed by atoms with Crippen molar-refractivity contribution in [2.24, 2.45) is 0 Å². The Morgan fingerprint density at radius 1 is 1.26 bits per heavy atom. The summed E-state index contributed by atoms with van der Waals surface area (Å²) in [6.45, 7) is 2.70. The van der Waals surface area contributed by atoms with Gasteiger partial charge in [-0.15, -0.1) is 0 Å². The largest absolute Gasteiger partial charge is 0.497 e. The van der Waals surface area contributed by atoms with Crippen LogP contribution >= 0.6 is 0 Å². The Hall–Kier alpha value is -2.89. The van der Waals surface area contributed by atoms with Crippen LogP contribution in [0.15, 0.2) is 41.2 Å². The van der Waals surface area contributed by atoms with Gasteiger partial charge in [-0.25, -0.2) is 9.97 Å². The fraction of sp³-hybridized carbons (Fsp3) is 0.381. The summed E-state index contributed by atoms with van der Waals surface area (Å²) in [4.78, 5) is 25.7. The van der Waals surface area contributed by atoms with Crippen molar-refractivity contribution < 1.29 is 4.74 Å². The monoisotopic (exact) mass is 364 g/mol. The zero-order valence-electron chi connectivity index (χ0n) is 15.7. The van der Waals surface area contributed by atoms with Gasteiger partial charge in [0.15, 0.2) is 11.2 Å². The summed E-state index contributed by atoms with van der Waals surface area (Å²) < 4.78 is 7.09. The summed E-state index contributed by atoms with van der Waals surface area (Å²) >= 11 is 0. The molecule has 4 rings (SSSR count). The first kappa shape index (κ1) is 17.5. The van der Waals surface area contributed by atoms with Crippen molar-refractivity contribution in [1.82, 2.24) is 19.5 Å². The predicted molar refractivity (Wildman–Crippen MR) is 105 cm³/mol. The topological polar surface area (TPSA) is 72.8 Å². The molecular weight excluding hydrogens is 340 g/mol. The lowest BCUT2D eigenvalue weighted by atomic mass is 10.1. The van der Waals surface area contributed by atoms with E-state index in [1.54, 1.807) is 11.7 Å². The molecule has 0 bridgehead atoms. The first-order valence-corrected chi connectivity index (χ1v) is 9.46. The lowest BCUT2D eigenvalue weighted by molar-refractivity contribution is 0.414. The Morgan fingerprint density at radius 2 is 2.07 bits per heavy atom. The third-order valence-corrected chi connectivity index (χ3v) is 5.05. The molecule has 2 aromatic heterocycles. The number of nitrogens with one attached hydrogen (secondary N) is 1. The SMILES string of the molecule is CCCn1c(Cc2cccc(OC)c2)nc2nc(C3CC=CC3)[nH]c2c1=O. The van der Waals surface area contributed by atoms with Crippen LogP contribution in [0, 0.1) is 0 Å². The van der Waals surface area contributed by atoms with E-state index in [-0.39, 0.29) is 5.56 Å². The van der Waals surface area contributed by atoms with E-state index in [0.717, 1.165) is 42.2 Å². The predicted octanol–water partition coefficient (Wildman–Crippen LogP) is 3.56. The highest BCUT2D eigenvalue weighted by molar-refractivity contribution is 5.69. The van der Waals surface area contributed by atoms with Crippen LogP contribution in [-0.4, -0.2) is 26.6 Å². The lowest BCUT2D eigenvalue weighted by Gasteiger charge is -2.11. The van der Waals surface area contributed by atoms with Gasteiger partial charge < -0.3 is 9.72 Å². The highest BCUT2D eigenvalue weighted by atomic mass is 16.5. The first-order valence-electron chi connectivity index (χ1n) is 9.46. The van der Waals surface area contributed by atoms with Gasteiger partial charge in [-0.2, -0.15) is 0 Å². The van der Waals surface area contributed by atoms with Crippen molar-refractivity contribution in [3.05, 3.63) is 64.0 Å². The maximum atomic E-state index is 13.1. The summed E-state index contributed by atoms with van der Waals surface area (Å²) in [6.07, 6.45) is 7.67. The molecule has 1 aromatic carbocycles. The van der Waals surface area contributed by atoms with E-state index in [0.29, 0.717) is 30.0 Å². The fourth-order valence-corrected chi connectivity index (χ4v) is 3.63. The van der Waals surface area contributed by atoms with E-state index >= 15 is 0 Å². The molecule has 0 spiro atoms. The number of imidazole rings is 1. The van der Waals surface area contributed by atoms with E-state index in [9.17, 15) is 4.79 Å². The molecule has 0 amide bonds. The Balaban J connectivity index is 1.77. The number of hydrogen-bond donors (Lipinski definition) is 1. The van der Waals surface area contributed by atoms with E-state index in [4.69, 9.17) is 9.72 Å². The maximum Gasteiger partial charge on any atom is 0.279 e. The van der Waals surface area contributed by atoms with Crippen molar-refractivity contribution in [2.45, 2.75) is 45.1 Å². The second-order valence-corrected chi connectivity index (χ2v) is 6.97. The van der Waals surface area contributed by atoms with Crippen LogP contribution in [0.3, 0.4) is 0 Å². The standard InChI is InChI=1S/C21H24N4O2/c1-3-11-25-17(13-14-7-6-10-16(12-14)27-2)22-20-18(21(25)26)23-19(24-20)15-8-4-5-9-15/h4-7,10,12,15H,3,8-9,11,13H2,1-2H3,(H,23,24). The smallest absolute Gasteiger partial charge is 0.279 e. The van der Waals surface area contributed by atoms with Gasteiger partial charge >= 0.3 is 0 Å². The van der Waals surface area contributed by atoms with Crippen LogP contribution in [0.25, 0.3) is 11.2 Å². The summed E-state index contributed by atoms with van der Waals surface area (Å²) in [5.74, 6) is 2.72. The number of H-pyrrole nitrogens is 1. The van der Waals surface area contributed by atoms with Crippen molar-refractivity contribution in [3.8, 4) is 5.75 Å². The number of fused-ring (bicyclic) bond motifs is 1. The summed E-state index contributed by atoms with van der Waals surface area (Å²) in [5.41, 5.74) is 2.05. The zero-order valence-corrected chi connectivity index (χ0v) is 15.7. The van der Waals surface area contributed by atoms with Gasteiger partial charge in [0.2, 0.25) is 0 Å². The maximum absolute atomic E-state index is 13.1. The number of nitrogens with zero attached hydrogens (tertiary/aromatic N) is 3. The molecule has 6 heteroatoms. The lowest BCUT2D eigenvalue weighted by Crippen LogP contribution is -2.25. The number of ether oxygens (including phenoxy) is 1. The second-order valence-electron chi connectivity index (χ2n) is 6.97. The molecule has 3 aromatic rings. The minimum Gasteiger partial charge on any atom is -0.497 e. The molecule has 6 nitrogen and oxygen atoms in total. The number of allylic oxidation sites excluding steroid dienone is 2. The van der Waals surface area contributed by atoms with Crippen molar-refractivity contribution in [2.75, 3.05) is 7.11 Å². The fourth-order valence-electron chi connectivity index (χ4n) is 3.63. The van der Waals surface area contributed by atoms with Crippen LogP contribution in [0.4, 0.5) is 0 Å². The van der Waals surface area contributed by atoms with Gasteiger partial charge in [0.1, 0.15) is 17.4 Å². The summed E-state index contributed by atoms with van der Waals surface area (Å²) in [5, 5.41) is 0. The Labute approximate surface area is 157 Å². The van der Waals surface area contributed by atoms with Crippen molar-refractivity contribution >= 4 is 11.2 Å². The zero-order chi connectivity index (χ0) is 18.8. The number of methoxy groups -OCH3 is 1. The first-order chi connectivity index (χ1) is 13.2. The van der Waals surface area contributed by atoms with Gasteiger partial charge in [0, 0.05) is 18.9 Å². The van der Waals surface area contributed by atoms with Crippen molar-refractivity contribution in [3.63, 3.8) is 0 Å². The quantitative estimate of drug-likeness (QED) is 0.679. The molecule has 0 aliphatic heterocycles. The van der Waals surface area contributed by atoms with Crippen molar-refractivity contribution in [1.29, 1.82) is 0 Å². The average Bonchev–Trinajstić information content (AvgIpc) is 3.34. The second kappa shape index (κ2) is 7.39. The Kier molecular flexibility index (Phi) is 4.79. The molecule has 0 unspecified atom stereocenters. The van der Waals surface area contributed by atoms with Crippen LogP contribution in [0.1, 0.15) is 49.3 Å². The number of benzene rings is 1. The molecule has 27 heavy (non-hydrogen) atoms. The van der Waals surface area contributed by atoms with Crippen LogP contribution in [0.5, 0.6) is 5.75 Å². The number of aromatic amines is 1. The highest BCUT2D eigenvalue weighted by Gasteiger charge is 2.20. The molecule has 0 radical (unpaired) electrons. The van der Waals surface area contributed by atoms with Gasteiger partial charge in [0.25, 0.3) is 5.56 Å². The van der Waals surface area contributed by atoms with E-state index in [2.05, 4.69) is 29.0 Å². The third-order valence-electron chi connectivity index (χ3n) is 5.05. The average molecular weight is 364 g/mol. The van der Waals surface area contributed by atoms with Crippen LogP contribution < -0.4 is 10.3 Å². The Bertz CT molecular complexity index is 1040. The number of hydrogen-bond acceptors (Lipinski definition) is 4. The summed E-state index contributed by atoms with van der Waals surface area (Å²) in [6, 6.07) is 7.87. The third kappa shape index (κ3) is 3.39. The highest BCUT2D eigenvalue weighted by Crippen LogP contribution is 2.28. The number of rotatable bonds is 6. The van der Waals surface area contributed by atoms with E-state index in [1.165, 1.54) is 0 Å². The minimum absolute atomic E-state index is 0.0375. The van der Waals surface area contributed by atoms with Crippen LogP contribution in [0.2, 0.25) is 0 Å². The summed E-state index contributed by atoms with van der Waals surface area (Å²) in [7, 11) is 1.65. The van der Waals surface area contributed by atoms with Crippen LogP contribution in [-0.2, 0) is 13.0 Å². The van der Waals surface area contributed by atoms with Gasteiger partial charge in [-0.1, -0.05) is 31.2 Å². The molecule has 1 aliphatic rings. The molecule has 2 heterocycles. The van der Waals surface area contributed by atoms with Gasteiger partial charge in [0.05, 0.1) is 7.11 Å². The van der Waals surface area contributed by atoms with Gasteiger partial charge in [-0.3, -0.25) is 9.36 Å².